The van der Waals surface area contributed by atoms with E-state index in [0.29, 0.717) is 31.2 Å². The number of aliphatic hydroxyl groups excluding tert-OH is 1. The first-order valence-corrected chi connectivity index (χ1v) is 23.5. The van der Waals surface area contributed by atoms with Crippen molar-refractivity contribution in [1.82, 2.24) is 37.2 Å². The molecule has 0 heterocycles. The summed E-state index contributed by atoms with van der Waals surface area (Å²) in [5.41, 5.74) is 17.3. The lowest BCUT2D eigenvalue weighted by Crippen LogP contribution is -2.61. The summed E-state index contributed by atoms with van der Waals surface area (Å²) in [6, 6.07) is -2.73. The fourth-order valence-electron chi connectivity index (χ4n) is 6.95. The van der Waals surface area contributed by atoms with Crippen molar-refractivity contribution >= 4 is 59.2 Å². The number of nitrogens with one attached hydrogen (secondary N) is 7. The molecule has 0 bridgehead atoms. The minimum absolute atomic E-state index is 0.0173. The molecule has 0 radical (unpaired) electrons. The van der Waals surface area contributed by atoms with E-state index in [4.69, 9.17) is 17.2 Å². The lowest BCUT2D eigenvalue weighted by molar-refractivity contribution is -0.143. The summed E-state index contributed by atoms with van der Waals surface area (Å²) in [5, 5.41) is 46.5. The predicted octanol–water partition coefficient (Wildman–Crippen LogP) is -1.58. The van der Waals surface area contributed by atoms with Crippen molar-refractivity contribution in [1.29, 1.82) is 0 Å². The van der Waals surface area contributed by atoms with Crippen molar-refractivity contribution in [3.63, 3.8) is 0 Å². The zero-order chi connectivity index (χ0) is 52.4. The number of carbonyl (C=O) groups is 10. The Morgan fingerprint density at radius 2 is 1.00 bits per heavy atom. The molecular weight excluding hydrogens is 901 g/mol. The Morgan fingerprint density at radius 1 is 0.565 bits per heavy atom. The van der Waals surface area contributed by atoms with E-state index in [1.807, 2.05) is 0 Å². The van der Waals surface area contributed by atoms with E-state index in [1.54, 1.807) is 71.9 Å². The van der Waals surface area contributed by atoms with Crippen LogP contribution in [0.3, 0.4) is 0 Å². The molecule has 388 valence electrons. The maximum Gasteiger partial charge on any atom is 0.326 e. The summed E-state index contributed by atoms with van der Waals surface area (Å²) in [6.45, 7) is 9.97. The van der Waals surface area contributed by atoms with Crippen molar-refractivity contribution in [2.45, 2.75) is 161 Å². The second kappa shape index (κ2) is 31.8. The minimum Gasteiger partial charge on any atom is -0.481 e. The summed E-state index contributed by atoms with van der Waals surface area (Å²) in [4.78, 5) is 132. The number of nitrogens with two attached hydrogens (primary N) is 3. The molecule has 0 unspecified atom stereocenters. The number of hydrogen-bond donors (Lipinski definition) is 13. The second-order valence-electron chi connectivity index (χ2n) is 17.7. The van der Waals surface area contributed by atoms with E-state index in [-0.39, 0.29) is 38.1 Å². The number of benzene rings is 1. The van der Waals surface area contributed by atoms with Gasteiger partial charge in [0.1, 0.15) is 48.3 Å². The zero-order valence-electron chi connectivity index (χ0n) is 40.6. The van der Waals surface area contributed by atoms with Gasteiger partial charge in [0.05, 0.1) is 6.61 Å². The number of rotatable bonds is 34. The number of carboxylic acid groups (broad SMARTS) is 2. The highest BCUT2D eigenvalue weighted by molar-refractivity contribution is 5.98. The van der Waals surface area contributed by atoms with Crippen LogP contribution in [0.5, 0.6) is 0 Å². The normalized spacial score (nSPS) is 15.5. The molecule has 1 aromatic carbocycles. The van der Waals surface area contributed by atoms with Gasteiger partial charge in [0.15, 0.2) is 0 Å². The third-order valence-electron chi connectivity index (χ3n) is 11.5. The largest absolute Gasteiger partial charge is 0.481 e. The van der Waals surface area contributed by atoms with Gasteiger partial charge in [-0.25, -0.2) is 4.79 Å². The average Bonchev–Trinajstić information content (AvgIpc) is 3.30. The van der Waals surface area contributed by atoms with Crippen molar-refractivity contribution in [2.75, 3.05) is 13.2 Å². The van der Waals surface area contributed by atoms with Crippen LogP contribution < -0.4 is 54.4 Å². The van der Waals surface area contributed by atoms with Crippen LogP contribution in [0.25, 0.3) is 0 Å². The van der Waals surface area contributed by atoms with E-state index in [2.05, 4.69) is 37.2 Å². The molecule has 0 saturated carbocycles. The first-order valence-electron chi connectivity index (χ1n) is 23.5. The first-order chi connectivity index (χ1) is 32.5. The predicted molar refractivity (Wildman–Crippen MR) is 253 cm³/mol. The number of carboxylic acids is 2. The molecule has 1 aromatic rings. The second-order valence-corrected chi connectivity index (χ2v) is 17.7. The molecule has 1 rings (SSSR count). The lowest BCUT2D eigenvalue weighted by Gasteiger charge is -2.30. The van der Waals surface area contributed by atoms with Gasteiger partial charge in [-0.05, 0) is 68.4 Å². The van der Waals surface area contributed by atoms with E-state index < -0.39 is 145 Å². The van der Waals surface area contributed by atoms with Crippen LogP contribution in [0.1, 0.15) is 111 Å². The van der Waals surface area contributed by atoms with Crippen molar-refractivity contribution in [2.24, 2.45) is 35.0 Å². The van der Waals surface area contributed by atoms with Crippen LogP contribution in [-0.4, -0.2) is 136 Å². The van der Waals surface area contributed by atoms with Crippen LogP contribution in [-0.2, 0) is 54.4 Å². The fourth-order valence-corrected chi connectivity index (χ4v) is 6.95. The molecule has 23 heteroatoms. The van der Waals surface area contributed by atoms with Gasteiger partial charge in [-0.2, -0.15) is 0 Å². The summed E-state index contributed by atoms with van der Waals surface area (Å²) in [6.07, 6.45) is -0.421. The molecule has 0 aliphatic rings. The van der Waals surface area contributed by atoms with Crippen LogP contribution in [0.2, 0.25) is 0 Å². The molecule has 0 aliphatic carbocycles. The van der Waals surface area contributed by atoms with Gasteiger partial charge in [0.2, 0.25) is 47.3 Å². The molecular formula is C46H76N10O13. The molecule has 0 aliphatic heterocycles. The number of unbranched alkanes of at least 4 members (excludes halogenated alkanes) is 1. The van der Waals surface area contributed by atoms with Gasteiger partial charge in [-0.3, -0.25) is 43.2 Å². The van der Waals surface area contributed by atoms with Gasteiger partial charge in [0, 0.05) is 19.3 Å². The third-order valence-corrected chi connectivity index (χ3v) is 11.5. The molecule has 0 spiro atoms. The molecule has 69 heavy (non-hydrogen) atoms. The monoisotopic (exact) mass is 977 g/mol. The van der Waals surface area contributed by atoms with Crippen LogP contribution in [0.15, 0.2) is 30.3 Å². The Kier molecular flexibility index (Phi) is 28.0. The highest BCUT2D eigenvalue weighted by Gasteiger charge is 2.37. The van der Waals surface area contributed by atoms with Crippen LogP contribution in [0.4, 0.5) is 0 Å². The molecule has 0 saturated heterocycles. The van der Waals surface area contributed by atoms with E-state index >= 15 is 0 Å². The smallest absolute Gasteiger partial charge is 0.326 e. The summed E-state index contributed by atoms with van der Waals surface area (Å²) in [5.74, 6) is -10.7. The first kappa shape index (κ1) is 60.8. The summed E-state index contributed by atoms with van der Waals surface area (Å²) in [7, 11) is 0. The number of primary amides is 1. The van der Waals surface area contributed by atoms with E-state index in [9.17, 15) is 63.3 Å². The molecule has 8 amide bonds. The quantitative estimate of drug-likeness (QED) is 0.0347. The lowest BCUT2D eigenvalue weighted by atomic mass is 9.94. The SMILES string of the molecule is CC[C@H](C)[C@H](NC(=O)[C@@H](NC(=O)[C@@H](N)CO)[C@@H](C)CC)C(=O)N[C@@H](CCC(N)=O)C(=O)N[C@@H](Cc1ccccc1)C(=O)N[C@@H](CCC(=O)O)C(=O)N[C@@H](CCCCN)C(=O)N[C@@H](CC(C)C)C(=O)O. The Bertz CT molecular complexity index is 1870. The Balaban J connectivity index is 3.63. The van der Waals surface area contributed by atoms with Gasteiger partial charge in [-0.1, -0.05) is 84.7 Å². The summed E-state index contributed by atoms with van der Waals surface area (Å²) >= 11 is 0. The van der Waals surface area contributed by atoms with Crippen molar-refractivity contribution in [3.05, 3.63) is 35.9 Å². The van der Waals surface area contributed by atoms with E-state index in [0.717, 1.165) is 0 Å². The Morgan fingerprint density at radius 3 is 1.45 bits per heavy atom. The molecule has 10 atom stereocenters. The number of carbonyl (C=O) groups excluding carboxylic acids is 8. The van der Waals surface area contributed by atoms with Crippen LogP contribution >= 0.6 is 0 Å². The standard InChI is InChI=1S/C46H76N10O13/c1-7-26(5)37(56-45(67)38(27(6)8-2)55-39(61)29(48)24-57)44(66)52-31(17-19-35(49)58)42(64)53-33(23-28-14-10-9-11-15-28)43(65)51-32(18-20-36(59)60)41(63)50-30(16-12-13-21-47)40(62)54-34(46(68)69)22-25(3)4/h9-11,14-15,25-27,29-34,37-38,57H,7-8,12-13,16-24,47-48H2,1-6H3,(H2,49,58)(H,50,63)(H,51,65)(H,52,66)(H,53,64)(H,54,62)(H,55,61)(H,56,67)(H,59,60)(H,68,69)/t26-,27-,29-,30-,31-,32-,33-,34-,37-,38-/m0/s1. The fraction of sp³-hybridized carbons (Fsp3) is 0.652. The number of amides is 8. The number of aliphatic carboxylic acids is 2. The van der Waals surface area contributed by atoms with Gasteiger partial charge >= 0.3 is 11.9 Å². The van der Waals surface area contributed by atoms with Gasteiger partial charge in [0.25, 0.3) is 0 Å². The minimum atomic E-state index is -1.60. The maximum atomic E-state index is 14.3. The number of aliphatic hydroxyl groups is 1. The van der Waals surface area contributed by atoms with Gasteiger partial charge < -0.3 is 69.7 Å². The van der Waals surface area contributed by atoms with Crippen molar-refractivity contribution in [3.8, 4) is 0 Å². The Hall–Kier alpha value is -6.20. The zero-order valence-corrected chi connectivity index (χ0v) is 40.6. The summed E-state index contributed by atoms with van der Waals surface area (Å²) < 4.78 is 0. The van der Waals surface area contributed by atoms with Crippen LogP contribution in [0, 0.1) is 17.8 Å². The maximum absolute atomic E-state index is 14.3. The number of hydrogen-bond acceptors (Lipinski definition) is 13. The highest BCUT2D eigenvalue weighted by atomic mass is 16.4. The third kappa shape index (κ3) is 22.6. The molecule has 16 N–H and O–H groups in total. The molecule has 0 fully saturated rings. The molecule has 23 nitrogen and oxygen atoms in total. The van der Waals surface area contributed by atoms with Gasteiger partial charge in [-0.15, -0.1) is 0 Å². The van der Waals surface area contributed by atoms with Crippen molar-refractivity contribution < 1.29 is 63.3 Å². The topological polar surface area (TPSA) is 394 Å². The average molecular weight is 977 g/mol. The molecule has 0 aromatic heterocycles. The van der Waals surface area contributed by atoms with E-state index in [1.165, 1.54) is 0 Å². The highest BCUT2D eigenvalue weighted by Crippen LogP contribution is 2.15. The Labute approximate surface area is 403 Å².